The van der Waals surface area contributed by atoms with Crippen molar-refractivity contribution >= 4 is 11.9 Å². The minimum Gasteiger partial charge on any atom is -0.481 e. The van der Waals surface area contributed by atoms with Gasteiger partial charge in [-0.3, -0.25) is 9.59 Å². The number of hydrogen-bond acceptors (Lipinski definition) is 4. The van der Waals surface area contributed by atoms with Gasteiger partial charge in [0.2, 0.25) is 0 Å². The predicted molar refractivity (Wildman–Crippen MR) is 94.4 cm³/mol. The quantitative estimate of drug-likeness (QED) is 0.366. The van der Waals surface area contributed by atoms with Crippen molar-refractivity contribution in [2.75, 3.05) is 13.2 Å². The van der Waals surface area contributed by atoms with Crippen molar-refractivity contribution in [2.45, 2.75) is 90.9 Å². The van der Waals surface area contributed by atoms with Gasteiger partial charge in [0.25, 0.3) is 5.97 Å². The lowest BCUT2D eigenvalue weighted by Gasteiger charge is -2.04. The molecular weight excluding hydrogens is 294 g/mol. The zero-order valence-corrected chi connectivity index (χ0v) is 15.1. The number of esters is 1. The number of carbonyl (C=O) groups excluding carboxylic acids is 1. The van der Waals surface area contributed by atoms with E-state index in [-0.39, 0.29) is 12.5 Å². The van der Waals surface area contributed by atoms with Crippen molar-refractivity contribution in [1.29, 1.82) is 0 Å². The van der Waals surface area contributed by atoms with Crippen LogP contribution >= 0.6 is 0 Å². The van der Waals surface area contributed by atoms with E-state index < -0.39 is 5.97 Å². The molecule has 23 heavy (non-hydrogen) atoms. The summed E-state index contributed by atoms with van der Waals surface area (Å²) < 4.78 is 4.92. The summed E-state index contributed by atoms with van der Waals surface area (Å²) in [5.74, 6) is -1.12. The molecule has 0 heterocycles. The van der Waals surface area contributed by atoms with Crippen molar-refractivity contribution in [2.24, 2.45) is 5.73 Å². The van der Waals surface area contributed by atoms with E-state index in [4.69, 9.17) is 20.4 Å². The Morgan fingerprint density at radius 2 is 1.17 bits per heavy atom. The smallest absolute Gasteiger partial charge is 0.319 e. The van der Waals surface area contributed by atoms with Gasteiger partial charge < -0.3 is 15.6 Å². The lowest BCUT2D eigenvalue weighted by atomic mass is 10.1. The Morgan fingerprint density at radius 3 is 1.52 bits per heavy atom. The first kappa shape index (κ1) is 24.2. The van der Waals surface area contributed by atoms with Gasteiger partial charge in [0.15, 0.2) is 0 Å². The summed E-state index contributed by atoms with van der Waals surface area (Å²) in [7, 11) is 0. The zero-order valence-electron chi connectivity index (χ0n) is 15.1. The molecule has 5 nitrogen and oxygen atoms in total. The summed E-state index contributed by atoms with van der Waals surface area (Å²) in [6, 6.07) is 0. The molecule has 0 aromatic heterocycles. The molecule has 0 unspecified atom stereocenters. The maximum absolute atomic E-state index is 10.8. The highest BCUT2D eigenvalue weighted by Crippen LogP contribution is 2.11. The molecule has 0 atom stereocenters. The molecule has 0 saturated carbocycles. The minimum absolute atomic E-state index is 0.00173. The van der Waals surface area contributed by atoms with Crippen LogP contribution in [-0.2, 0) is 14.3 Å². The maximum atomic E-state index is 10.8. The zero-order chi connectivity index (χ0) is 17.8. The topological polar surface area (TPSA) is 89.6 Å². The second-order valence-corrected chi connectivity index (χ2v) is 5.83. The Hall–Kier alpha value is -1.10. The highest BCUT2D eigenvalue weighted by atomic mass is 16.5. The second-order valence-electron chi connectivity index (χ2n) is 5.83. The molecule has 0 saturated heterocycles. The van der Waals surface area contributed by atoms with Gasteiger partial charge in [-0.2, -0.15) is 0 Å². The van der Waals surface area contributed by atoms with Crippen molar-refractivity contribution < 1.29 is 19.4 Å². The summed E-state index contributed by atoms with van der Waals surface area (Å²) in [6.07, 6.45) is 15.8. The molecule has 0 aliphatic heterocycles. The Balaban J connectivity index is 0. The first-order valence-electron chi connectivity index (χ1n) is 9.09. The lowest BCUT2D eigenvalue weighted by molar-refractivity contribution is -0.142. The largest absolute Gasteiger partial charge is 0.481 e. The third kappa shape index (κ3) is 29.5. The predicted octanol–water partition coefficient (Wildman–Crippen LogP) is 4.28. The number of hydrogen-bond donors (Lipinski definition) is 2. The Morgan fingerprint density at radius 1 is 0.826 bits per heavy atom. The average Bonchev–Trinajstić information content (AvgIpc) is 2.51. The van der Waals surface area contributed by atoms with Crippen LogP contribution < -0.4 is 5.73 Å². The van der Waals surface area contributed by atoms with E-state index in [1.54, 1.807) is 0 Å². The Kier molecular flexibility index (Phi) is 22.0. The van der Waals surface area contributed by atoms with Crippen molar-refractivity contribution in [1.82, 2.24) is 0 Å². The average molecular weight is 331 g/mol. The molecule has 0 aliphatic rings. The van der Waals surface area contributed by atoms with Crippen LogP contribution in [0.25, 0.3) is 0 Å². The molecule has 138 valence electrons. The van der Waals surface area contributed by atoms with Crippen LogP contribution in [0.5, 0.6) is 0 Å². The summed E-state index contributed by atoms with van der Waals surface area (Å²) in [5.41, 5.74) is 5.14. The van der Waals surface area contributed by atoms with Crippen LogP contribution in [0, 0.1) is 0 Å². The second kappa shape index (κ2) is 20.9. The van der Waals surface area contributed by atoms with Crippen LogP contribution in [0.2, 0.25) is 0 Å². The van der Waals surface area contributed by atoms with Crippen LogP contribution in [-0.4, -0.2) is 30.2 Å². The van der Waals surface area contributed by atoms with Crippen LogP contribution in [0.15, 0.2) is 0 Å². The lowest BCUT2D eigenvalue weighted by Crippen LogP contribution is -2.17. The maximum Gasteiger partial charge on any atom is 0.319 e. The molecule has 0 fully saturated rings. The molecule has 3 N–H and O–H groups in total. The number of aliphatic carboxylic acids is 1. The minimum atomic E-state index is -0.833. The van der Waals surface area contributed by atoms with Crippen molar-refractivity contribution in [3.05, 3.63) is 0 Å². The third-order valence-corrected chi connectivity index (χ3v) is 3.43. The highest BCUT2D eigenvalue weighted by Gasteiger charge is 1.97. The molecule has 0 spiro atoms. The first-order chi connectivity index (χ1) is 11.0. The first-order valence-corrected chi connectivity index (χ1v) is 9.09. The fraction of sp³-hybridized carbons (Fsp3) is 0.889. The van der Waals surface area contributed by atoms with Crippen molar-refractivity contribution in [3.8, 4) is 0 Å². The Labute approximate surface area is 142 Å². The molecular formula is C18H37NO4. The normalized spacial score (nSPS) is 9.87. The molecule has 0 aromatic rings. The summed E-state index contributed by atoms with van der Waals surface area (Å²) in [4.78, 5) is 19.8. The highest BCUT2D eigenvalue weighted by molar-refractivity contribution is 5.71. The number of rotatable bonds is 14. The Bertz CT molecular complexity index is 266. The fourth-order valence-corrected chi connectivity index (χ4v) is 2.19. The molecule has 0 aromatic carbocycles. The van der Waals surface area contributed by atoms with E-state index in [1.165, 1.54) is 64.2 Å². The van der Waals surface area contributed by atoms with Gasteiger partial charge in [0.05, 0.1) is 13.2 Å². The number of nitrogens with two attached hydrogens (primary N) is 1. The number of unbranched alkanes of at least 4 members (excludes halogenated alkanes) is 11. The molecule has 0 aliphatic carbocycles. The number of carboxylic acids is 1. The van der Waals surface area contributed by atoms with Crippen LogP contribution in [0.4, 0.5) is 0 Å². The summed E-state index contributed by atoms with van der Waals surface area (Å²) in [6.45, 7) is 3.88. The monoisotopic (exact) mass is 331 g/mol. The van der Waals surface area contributed by atoms with Crippen LogP contribution in [0.1, 0.15) is 90.9 Å². The van der Waals surface area contributed by atoms with Gasteiger partial charge in [-0.1, -0.05) is 77.6 Å². The van der Waals surface area contributed by atoms with E-state index >= 15 is 0 Å². The van der Waals surface area contributed by atoms with E-state index in [2.05, 4.69) is 6.92 Å². The van der Waals surface area contributed by atoms with E-state index in [1.807, 2.05) is 0 Å². The molecule has 0 rings (SSSR count). The number of ether oxygens (including phenoxy) is 1. The van der Waals surface area contributed by atoms with Crippen molar-refractivity contribution in [3.63, 3.8) is 0 Å². The van der Waals surface area contributed by atoms with E-state index in [0.717, 1.165) is 19.8 Å². The number of carboxylic acid groups (broad SMARTS) is 1. The van der Waals surface area contributed by atoms with Gasteiger partial charge in [-0.15, -0.1) is 0 Å². The SMILES string of the molecule is CC(=O)O.CCCCCCCCCCCCCCOC(=O)CN. The summed E-state index contributed by atoms with van der Waals surface area (Å²) in [5, 5.41) is 7.42. The standard InChI is InChI=1S/C16H33NO2.C2H4O2/c1-2-3-4-5-6-7-8-9-10-11-12-13-14-19-16(18)15-17;1-2(3)4/h2-15,17H2,1H3;1H3,(H,3,4). The van der Waals surface area contributed by atoms with E-state index in [0.29, 0.717) is 6.61 Å². The van der Waals surface area contributed by atoms with Gasteiger partial charge in [-0.25, -0.2) is 0 Å². The molecule has 0 radical (unpaired) electrons. The van der Waals surface area contributed by atoms with Gasteiger partial charge in [0.1, 0.15) is 0 Å². The van der Waals surface area contributed by atoms with Crippen LogP contribution in [0.3, 0.4) is 0 Å². The summed E-state index contributed by atoms with van der Waals surface area (Å²) >= 11 is 0. The number of carbonyl (C=O) groups is 2. The third-order valence-electron chi connectivity index (χ3n) is 3.43. The van der Waals surface area contributed by atoms with Gasteiger partial charge >= 0.3 is 5.97 Å². The molecule has 5 heteroatoms. The fourth-order valence-electron chi connectivity index (χ4n) is 2.19. The molecule has 0 bridgehead atoms. The van der Waals surface area contributed by atoms with Gasteiger partial charge in [-0.05, 0) is 6.42 Å². The van der Waals surface area contributed by atoms with E-state index in [9.17, 15) is 4.79 Å². The molecule has 0 amide bonds. The van der Waals surface area contributed by atoms with Gasteiger partial charge in [0, 0.05) is 6.92 Å².